The number of hydrogen-bond acceptors (Lipinski definition) is 5. The maximum absolute atomic E-state index is 12.2. The number of nitrogens with one attached hydrogen (secondary N) is 1. The normalized spacial score (nSPS) is 10.6. The summed E-state index contributed by atoms with van der Waals surface area (Å²) >= 11 is 7.50. The lowest BCUT2D eigenvalue weighted by atomic mass is 10.2. The zero-order valence-electron chi connectivity index (χ0n) is 14.9. The summed E-state index contributed by atoms with van der Waals surface area (Å²) in [4.78, 5) is 23.3. The van der Waals surface area contributed by atoms with E-state index in [0.717, 1.165) is 5.56 Å². The lowest BCUT2D eigenvalue weighted by Gasteiger charge is -2.09. The lowest BCUT2D eigenvalue weighted by Crippen LogP contribution is -2.15. The van der Waals surface area contributed by atoms with Crippen LogP contribution in [0.4, 0.5) is 5.69 Å². The molecule has 0 bridgehead atoms. The van der Waals surface area contributed by atoms with E-state index >= 15 is 0 Å². The minimum Gasteiger partial charge on any atom is -0.478 e. The van der Waals surface area contributed by atoms with Crippen LogP contribution in [-0.2, 0) is 11.3 Å². The molecule has 7 nitrogen and oxygen atoms in total. The van der Waals surface area contributed by atoms with Crippen LogP contribution in [0.15, 0.2) is 53.7 Å². The van der Waals surface area contributed by atoms with E-state index in [1.165, 1.54) is 23.9 Å². The number of nitrogens with zero attached hydrogens (tertiary/aromatic N) is 3. The maximum atomic E-state index is 12.2. The van der Waals surface area contributed by atoms with Crippen LogP contribution >= 0.6 is 23.4 Å². The molecule has 1 aromatic heterocycles. The fourth-order valence-corrected chi connectivity index (χ4v) is 3.60. The van der Waals surface area contributed by atoms with E-state index in [9.17, 15) is 9.59 Å². The summed E-state index contributed by atoms with van der Waals surface area (Å²) in [5.41, 5.74) is 1.32. The first-order chi connectivity index (χ1) is 13.5. The minimum absolute atomic E-state index is 0.109. The van der Waals surface area contributed by atoms with Crippen LogP contribution in [0.25, 0.3) is 11.4 Å². The van der Waals surface area contributed by atoms with Gasteiger partial charge in [0.05, 0.1) is 16.3 Å². The fourth-order valence-electron chi connectivity index (χ4n) is 2.58. The predicted octanol–water partition coefficient (Wildman–Crippen LogP) is 4.05. The molecule has 9 heteroatoms. The van der Waals surface area contributed by atoms with Gasteiger partial charge in [-0.2, -0.15) is 0 Å². The van der Waals surface area contributed by atoms with Crippen molar-refractivity contribution in [2.24, 2.45) is 0 Å². The number of carboxylic acids is 1. The van der Waals surface area contributed by atoms with Crippen molar-refractivity contribution in [2.75, 3.05) is 11.1 Å². The Morgan fingerprint density at radius 3 is 2.68 bits per heavy atom. The third-order valence-electron chi connectivity index (χ3n) is 3.87. The van der Waals surface area contributed by atoms with Crippen LogP contribution in [0.1, 0.15) is 17.3 Å². The van der Waals surface area contributed by atoms with E-state index in [1.54, 1.807) is 18.2 Å². The molecule has 0 aliphatic heterocycles. The maximum Gasteiger partial charge on any atom is 0.335 e. The largest absolute Gasteiger partial charge is 0.478 e. The summed E-state index contributed by atoms with van der Waals surface area (Å²) < 4.78 is 1.89. The highest BCUT2D eigenvalue weighted by Gasteiger charge is 2.16. The summed E-state index contributed by atoms with van der Waals surface area (Å²) in [6, 6.07) is 13.5. The van der Waals surface area contributed by atoms with Crippen molar-refractivity contribution in [3.05, 3.63) is 59.1 Å². The van der Waals surface area contributed by atoms with Gasteiger partial charge in [-0.25, -0.2) is 4.79 Å². The number of anilines is 1. The first kappa shape index (κ1) is 19.9. The number of carbonyl (C=O) groups excluding carboxylic acids is 1. The van der Waals surface area contributed by atoms with E-state index in [4.69, 9.17) is 16.7 Å². The SMILES string of the molecule is CCn1c(SCC(=O)Nc2cccc(C(=O)O)c2)nnc1-c1ccccc1Cl. The first-order valence-corrected chi connectivity index (χ1v) is 9.80. The van der Waals surface area contributed by atoms with Crippen LogP contribution in [0.5, 0.6) is 0 Å². The van der Waals surface area contributed by atoms with E-state index in [-0.39, 0.29) is 17.2 Å². The van der Waals surface area contributed by atoms with Gasteiger partial charge < -0.3 is 15.0 Å². The molecule has 0 fully saturated rings. The fraction of sp³-hybridized carbons (Fsp3) is 0.158. The highest BCUT2D eigenvalue weighted by Crippen LogP contribution is 2.29. The Morgan fingerprint density at radius 1 is 1.18 bits per heavy atom. The number of carbonyl (C=O) groups is 2. The second-order valence-corrected chi connectivity index (χ2v) is 7.10. The molecule has 0 saturated heterocycles. The van der Waals surface area contributed by atoms with Crippen molar-refractivity contribution in [3.8, 4) is 11.4 Å². The van der Waals surface area contributed by atoms with Gasteiger partial charge in [-0.05, 0) is 37.3 Å². The molecule has 0 atom stereocenters. The molecule has 1 amide bonds. The van der Waals surface area contributed by atoms with Crippen molar-refractivity contribution in [2.45, 2.75) is 18.6 Å². The summed E-state index contributed by atoms with van der Waals surface area (Å²) in [6.07, 6.45) is 0. The average molecular weight is 417 g/mol. The third-order valence-corrected chi connectivity index (χ3v) is 5.17. The Hall–Kier alpha value is -2.84. The molecule has 2 N–H and O–H groups in total. The molecule has 0 unspecified atom stereocenters. The Labute approximate surface area is 170 Å². The molecule has 28 heavy (non-hydrogen) atoms. The highest BCUT2D eigenvalue weighted by molar-refractivity contribution is 7.99. The third kappa shape index (κ3) is 4.52. The molecule has 0 aliphatic rings. The standard InChI is InChI=1S/C19H17ClN4O3S/c1-2-24-17(14-8-3-4-9-15(14)20)22-23-19(24)28-11-16(25)21-13-7-5-6-12(10-13)18(26)27/h3-10H,2,11H2,1H3,(H,21,25)(H,26,27). The number of hydrogen-bond donors (Lipinski definition) is 2. The zero-order chi connectivity index (χ0) is 20.1. The lowest BCUT2D eigenvalue weighted by molar-refractivity contribution is -0.113. The van der Waals surface area contributed by atoms with E-state index in [0.29, 0.717) is 28.2 Å². The van der Waals surface area contributed by atoms with Crippen molar-refractivity contribution in [1.29, 1.82) is 0 Å². The van der Waals surface area contributed by atoms with Crippen LogP contribution in [0.3, 0.4) is 0 Å². The number of amides is 1. The van der Waals surface area contributed by atoms with Crippen molar-refractivity contribution in [1.82, 2.24) is 14.8 Å². The number of rotatable bonds is 7. The molecular formula is C19H17ClN4O3S. The quantitative estimate of drug-likeness (QED) is 0.564. The molecule has 0 saturated carbocycles. The van der Waals surface area contributed by atoms with Gasteiger partial charge in [0.25, 0.3) is 0 Å². The van der Waals surface area contributed by atoms with Crippen LogP contribution in [0, 0.1) is 0 Å². The van der Waals surface area contributed by atoms with Crippen molar-refractivity contribution >= 4 is 40.9 Å². The number of thioether (sulfide) groups is 1. The Balaban J connectivity index is 1.69. The molecule has 144 valence electrons. The van der Waals surface area contributed by atoms with Gasteiger partial charge in [0.1, 0.15) is 0 Å². The second kappa shape index (κ2) is 8.90. The number of carboxylic acid groups (broad SMARTS) is 1. The van der Waals surface area contributed by atoms with Crippen molar-refractivity contribution < 1.29 is 14.7 Å². The van der Waals surface area contributed by atoms with Crippen LogP contribution in [0.2, 0.25) is 5.02 Å². The van der Waals surface area contributed by atoms with Gasteiger partial charge in [0.15, 0.2) is 11.0 Å². The molecule has 0 spiro atoms. The van der Waals surface area contributed by atoms with Gasteiger partial charge in [0.2, 0.25) is 5.91 Å². The summed E-state index contributed by atoms with van der Waals surface area (Å²) in [5, 5.41) is 21.3. The van der Waals surface area contributed by atoms with Crippen LogP contribution < -0.4 is 5.32 Å². The highest BCUT2D eigenvalue weighted by atomic mass is 35.5. The van der Waals surface area contributed by atoms with E-state index < -0.39 is 5.97 Å². The average Bonchev–Trinajstić information content (AvgIpc) is 3.09. The molecular weight excluding hydrogens is 400 g/mol. The summed E-state index contributed by atoms with van der Waals surface area (Å²) in [5.74, 6) is -0.561. The number of benzene rings is 2. The van der Waals surface area contributed by atoms with Crippen LogP contribution in [-0.4, -0.2) is 37.5 Å². The molecule has 0 radical (unpaired) electrons. The number of aromatic nitrogens is 3. The first-order valence-electron chi connectivity index (χ1n) is 8.43. The number of halogens is 1. The monoisotopic (exact) mass is 416 g/mol. The summed E-state index contributed by atoms with van der Waals surface area (Å²) in [6.45, 7) is 2.59. The van der Waals surface area contributed by atoms with E-state index in [1.807, 2.05) is 29.7 Å². The smallest absolute Gasteiger partial charge is 0.335 e. The second-order valence-electron chi connectivity index (χ2n) is 5.75. The molecule has 3 rings (SSSR count). The van der Waals surface area contributed by atoms with E-state index in [2.05, 4.69) is 15.5 Å². The summed E-state index contributed by atoms with van der Waals surface area (Å²) in [7, 11) is 0. The van der Waals surface area contributed by atoms with Gasteiger partial charge in [0, 0.05) is 17.8 Å². The van der Waals surface area contributed by atoms with Gasteiger partial charge >= 0.3 is 5.97 Å². The zero-order valence-corrected chi connectivity index (χ0v) is 16.5. The Morgan fingerprint density at radius 2 is 1.96 bits per heavy atom. The Kier molecular flexibility index (Phi) is 6.33. The molecule has 1 heterocycles. The molecule has 2 aromatic carbocycles. The number of aromatic carboxylic acids is 1. The predicted molar refractivity (Wildman–Crippen MR) is 109 cm³/mol. The van der Waals surface area contributed by atoms with Gasteiger partial charge in [-0.3, -0.25) is 4.79 Å². The van der Waals surface area contributed by atoms with Crippen molar-refractivity contribution in [3.63, 3.8) is 0 Å². The minimum atomic E-state index is -1.05. The van der Waals surface area contributed by atoms with Gasteiger partial charge in [-0.1, -0.05) is 41.6 Å². The Bertz CT molecular complexity index is 1020. The van der Waals surface area contributed by atoms with Gasteiger partial charge in [-0.15, -0.1) is 10.2 Å². The molecule has 3 aromatic rings. The molecule has 0 aliphatic carbocycles. The topological polar surface area (TPSA) is 97.1 Å².